The second kappa shape index (κ2) is 9.65. The number of fused-ring (bicyclic) bond motifs is 2. The van der Waals surface area contributed by atoms with Crippen molar-refractivity contribution in [2.24, 2.45) is 5.92 Å². The highest BCUT2D eigenvalue weighted by Crippen LogP contribution is 2.34. The summed E-state index contributed by atoms with van der Waals surface area (Å²) in [6, 6.07) is 13.6. The van der Waals surface area contributed by atoms with Crippen LogP contribution in [0.25, 0.3) is 10.9 Å². The maximum atomic E-state index is 14.7. The van der Waals surface area contributed by atoms with Gasteiger partial charge in [-0.25, -0.2) is 4.39 Å². The van der Waals surface area contributed by atoms with Gasteiger partial charge in [-0.1, -0.05) is 37.5 Å². The van der Waals surface area contributed by atoms with Gasteiger partial charge in [-0.15, -0.1) is 0 Å². The molecular weight excluding hydrogens is 439 g/mol. The van der Waals surface area contributed by atoms with Crippen molar-refractivity contribution < 1.29 is 9.18 Å². The minimum Gasteiger partial charge on any atom is -0.378 e. The Balaban J connectivity index is 1.24. The van der Waals surface area contributed by atoms with E-state index in [-0.39, 0.29) is 23.8 Å². The molecule has 1 saturated heterocycles. The number of hydrogen-bond acceptors (Lipinski definition) is 4. The van der Waals surface area contributed by atoms with Gasteiger partial charge in [-0.3, -0.25) is 9.69 Å². The number of anilines is 2. The lowest BCUT2D eigenvalue weighted by atomic mass is 9.80. The number of aromatic amines is 1. The third-order valence-electron chi connectivity index (χ3n) is 8.45. The Morgan fingerprint density at radius 3 is 2.57 bits per heavy atom. The van der Waals surface area contributed by atoms with Crippen molar-refractivity contribution in [3.63, 3.8) is 0 Å². The van der Waals surface area contributed by atoms with Crippen molar-refractivity contribution >= 4 is 28.1 Å². The van der Waals surface area contributed by atoms with Gasteiger partial charge in [0.25, 0.3) is 0 Å². The Morgan fingerprint density at radius 2 is 1.74 bits per heavy atom. The first kappa shape index (κ1) is 22.6. The van der Waals surface area contributed by atoms with Crippen LogP contribution in [0.2, 0.25) is 0 Å². The number of hydrogen-bond donors (Lipinski definition) is 2. The van der Waals surface area contributed by atoms with E-state index in [1.807, 2.05) is 12.3 Å². The molecule has 1 aromatic heterocycles. The minimum atomic E-state index is -0.208. The van der Waals surface area contributed by atoms with Crippen LogP contribution in [-0.2, 0) is 11.2 Å². The van der Waals surface area contributed by atoms with Crippen LogP contribution in [-0.4, -0.2) is 53.9 Å². The zero-order valence-electron chi connectivity index (χ0n) is 20.3. The summed E-state index contributed by atoms with van der Waals surface area (Å²) < 4.78 is 14.7. The lowest BCUT2D eigenvalue weighted by molar-refractivity contribution is -0.130. The third kappa shape index (κ3) is 4.33. The fraction of sp³-hybridized carbons (Fsp3) is 0.483. The van der Waals surface area contributed by atoms with Crippen LogP contribution in [0, 0.1) is 11.7 Å². The average molecular weight is 475 g/mol. The van der Waals surface area contributed by atoms with Crippen LogP contribution in [0.15, 0.2) is 48.7 Å². The zero-order chi connectivity index (χ0) is 23.8. The number of benzene rings is 2. The number of ketones is 1. The number of Topliss-reactive ketones (excluding diaryl/α,β-unsaturated/α-hetero) is 1. The number of aromatic nitrogens is 1. The van der Waals surface area contributed by atoms with Gasteiger partial charge in [0.05, 0.1) is 11.7 Å². The molecule has 2 aliphatic heterocycles. The molecule has 2 atom stereocenters. The van der Waals surface area contributed by atoms with Crippen LogP contribution in [0.5, 0.6) is 0 Å². The molecule has 0 bridgehead atoms. The minimum absolute atomic E-state index is 0.0477. The van der Waals surface area contributed by atoms with Crippen LogP contribution in [0.4, 0.5) is 15.8 Å². The maximum Gasteiger partial charge on any atom is 0.155 e. The fourth-order valence-electron chi connectivity index (χ4n) is 6.59. The van der Waals surface area contributed by atoms with Gasteiger partial charge < -0.3 is 15.2 Å². The van der Waals surface area contributed by atoms with Gasteiger partial charge >= 0.3 is 0 Å². The molecule has 3 heterocycles. The molecule has 3 aromatic rings. The summed E-state index contributed by atoms with van der Waals surface area (Å²) >= 11 is 0. The number of H-pyrrole nitrogens is 1. The largest absolute Gasteiger partial charge is 0.378 e. The Bertz CT molecular complexity index is 1190. The molecule has 0 radical (unpaired) electrons. The third-order valence-corrected chi connectivity index (χ3v) is 8.45. The van der Waals surface area contributed by atoms with Crippen molar-refractivity contribution in [3.8, 4) is 0 Å². The molecule has 0 spiro atoms. The van der Waals surface area contributed by atoms with Crippen LogP contribution < -0.4 is 10.2 Å². The smallest absolute Gasteiger partial charge is 0.155 e. The Morgan fingerprint density at radius 1 is 0.943 bits per heavy atom. The van der Waals surface area contributed by atoms with E-state index in [2.05, 4.69) is 44.4 Å². The Hall–Kier alpha value is -2.86. The first-order valence-electron chi connectivity index (χ1n) is 13.3. The molecule has 2 N–H and O–H groups in total. The molecule has 0 amide bonds. The molecular formula is C29H35FN4O. The predicted octanol–water partition coefficient (Wildman–Crippen LogP) is 5.37. The van der Waals surface area contributed by atoms with Gasteiger partial charge in [0.1, 0.15) is 5.82 Å². The molecule has 35 heavy (non-hydrogen) atoms. The highest BCUT2D eigenvalue weighted by atomic mass is 19.1. The number of carbonyl (C=O) groups is 1. The fourth-order valence-corrected chi connectivity index (χ4v) is 6.59. The van der Waals surface area contributed by atoms with Gasteiger partial charge in [0.15, 0.2) is 5.78 Å². The Labute approximate surface area is 206 Å². The quantitative estimate of drug-likeness (QED) is 0.522. The van der Waals surface area contributed by atoms with Gasteiger partial charge in [0.2, 0.25) is 0 Å². The SMILES string of the molecule is O=C(C1CCCCC1)C(C1CCc2cccc(F)c2N1)N1CCN(c2cccc3[nH]ccc23)CC1. The molecule has 2 fully saturated rings. The first-order valence-corrected chi connectivity index (χ1v) is 13.3. The van der Waals surface area contributed by atoms with E-state index >= 15 is 0 Å². The van der Waals surface area contributed by atoms with Crippen molar-refractivity contribution in [3.05, 3.63) is 60.0 Å². The monoisotopic (exact) mass is 474 g/mol. The number of carbonyl (C=O) groups excluding carboxylic acids is 1. The lowest BCUT2D eigenvalue weighted by Crippen LogP contribution is -2.60. The number of halogens is 1. The summed E-state index contributed by atoms with van der Waals surface area (Å²) in [5, 5.41) is 4.74. The number of para-hydroxylation sites is 1. The number of nitrogens with one attached hydrogen (secondary N) is 2. The molecule has 1 aliphatic carbocycles. The van der Waals surface area contributed by atoms with Crippen LogP contribution in [0.3, 0.4) is 0 Å². The molecule has 2 unspecified atom stereocenters. The molecule has 6 heteroatoms. The van der Waals surface area contributed by atoms with E-state index in [0.717, 1.165) is 75.8 Å². The summed E-state index contributed by atoms with van der Waals surface area (Å²) in [6.07, 6.45) is 9.20. The van der Waals surface area contributed by atoms with E-state index in [9.17, 15) is 9.18 Å². The first-order chi connectivity index (χ1) is 17.2. The molecule has 2 aromatic carbocycles. The van der Waals surface area contributed by atoms with Crippen molar-refractivity contribution in [1.29, 1.82) is 0 Å². The normalized spacial score (nSPS) is 22.5. The second-order valence-corrected chi connectivity index (χ2v) is 10.5. The summed E-state index contributed by atoms with van der Waals surface area (Å²) in [6.45, 7) is 3.45. The van der Waals surface area contributed by atoms with Gasteiger partial charge in [-0.2, -0.15) is 0 Å². The maximum absolute atomic E-state index is 14.7. The molecule has 3 aliphatic rings. The van der Waals surface area contributed by atoms with E-state index in [0.29, 0.717) is 11.5 Å². The van der Waals surface area contributed by atoms with E-state index in [1.165, 1.54) is 23.6 Å². The van der Waals surface area contributed by atoms with Crippen molar-refractivity contribution in [1.82, 2.24) is 9.88 Å². The molecule has 5 nitrogen and oxygen atoms in total. The highest BCUT2D eigenvalue weighted by molar-refractivity contribution is 5.92. The highest BCUT2D eigenvalue weighted by Gasteiger charge is 2.40. The van der Waals surface area contributed by atoms with Gasteiger partial charge in [0, 0.05) is 60.9 Å². The summed E-state index contributed by atoms with van der Waals surface area (Å²) in [5.41, 5.74) is 4.03. The summed E-state index contributed by atoms with van der Waals surface area (Å²) in [7, 11) is 0. The zero-order valence-corrected chi connectivity index (χ0v) is 20.3. The van der Waals surface area contributed by atoms with E-state index in [4.69, 9.17) is 0 Å². The van der Waals surface area contributed by atoms with Crippen LogP contribution >= 0.6 is 0 Å². The van der Waals surface area contributed by atoms with Crippen LogP contribution in [0.1, 0.15) is 44.1 Å². The average Bonchev–Trinajstić information content (AvgIpc) is 3.39. The molecule has 1 saturated carbocycles. The van der Waals surface area contributed by atoms with Crippen molar-refractivity contribution in [2.45, 2.75) is 57.0 Å². The van der Waals surface area contributed by atoms with E-state index in [1.54, 1.807) is 6.07 Å². The number of nitrogens with zero attached hydrogens (tertiary/aromatic N) is 2. The van der Waals surface area contributed by atoms with Gasteiger partial charge in [-0.05, 0) is 55.5 Å². The second-order valence-electron chi connectivity index (χ2n) is 10.5. The Kier molecular flexibility index (Phi) is 6.23. The summed E-state index contributed by atoms with van der Waals surface area (Å²) in [4.78, 5) is 22.1. The number of rotatable bonds is 5. The molecule has 6 rings (SSSR count). The standard InChI is InChI=1S/C29H35FN4O/c30-23-9-4-8-20-12-13-25(32-27(20)23)28(29(35)21-6-2-1-3-7-21)34-18-16-33(17-19-34)26-11-5-10-24-22(26)14-15-31-24/h4-5,8-11,14-15,21,25,28,31-32H,1-3,6-7,12-13,16-19H2. The lowest BCUT2D eigenvalue weighted by Gasteiger charge is -2.45. The predicted molar refractivity (Wildman–Crippen MR) is 140 cm³/mol. The number of piperazine rings is 1. The topological polar surface area (TPSA) is 51.4 Å². The molecule has 184 valence electrons. The van der Waals surface area contributed by atoms with Crippen molar-refractivity contribution in [2.75, 3.05) is 36.4 Å². The number of aryl methyl sites for hydroxylation is 1. The summed E-state index contributed by atoms with van der Waals surface area (Å²) in [5.74, 6) is 0.313. The van der Waals surface area contributed by atoms with E-state index < -0.39 is 0 Å².